The van der Waals surface area contributed by atoms with Crippen LogP contribution in [0.15, 0.2) is 24.3 Å². The molecule has 0 atom stereocenters. The monoisotopic (exact) mass is 385 g/mol. The van der Waals surface area contributed by atoms with Crippen molar-refractivity contribution in [1.82, 2.24) is 0 Å². The van der Waals surface area contributed by atoms with Gasteiger partial charge in [-0.3, -0.25) is 4.79 Å². The molecule has 0 bridgehead atoms. The zero-order chi connectivity index (χ0) is 16.8. The minimum absolute atomic E-state index is 0.132. The van der Waals surface area contributed by atoms with E-state index in [1.165, 1.54) is 25.7 Å². The third-order valence-corrected chi connectivity index (χ3v) is 4.13. The van der Waals surface area contributed by atoms with E-state index in [9.17, 15) is 4.79 Å². The van der Waals surface area contributed by atoms with E-state index in [2.05, 4.69) is 21.2 Å². The standard InChI is InChI=1S/C18H28BrNO3/c1-22-12-6-4-2-3-5-7-13-23-18-10-8-16(9-11-18)20-15-17(21)14-19/h8-11,20H,2-7,12-15H2,1H3. The van der Waals surface area contributed by atoms with Gasteiger partial charge in [0.2, 0.25) is 0 Å². The van der Waals surface area contributed by atoms with Crippen molar-refractivity contribution in [3.8, 4) is 5.75 Å². The van der Waals surface area contributed by atoms with Crippen molar-refractivity contribution in [2.45, 2.75) is 38.5 Å². The molecule has 1 aromatic carbocycles. The normalized spacial score (nSPS) is 10.5. The highest BCUT2D eigenvalue weighted by atomic mass is 79.9. The summed E-state index contributed by atoms with van der Waals surface area (Å²) in [7, 11) is 1.75. The summed E-state index contributed by atoms with van der Waals surface area (Å²) in [6.07, 6.45) is 7.25. The lowest BCUT2D eigenvalue weighted by Crippen LogP contribution is -2.14. The highest BCUT2D eigenvalue weighted by Crippen LogP contribution is 2.16. The van der Waals surface area contributed by atoms with Crippen LogP contribution in [-0.4, -0.2) is 38.0 Å². The number of halogens is 1. The van der Waals surface area contributed by atoms with Crippen LogP contribution in [0, 0.1) is 0 Å². The molecule has 0 spiro atoms. The number of alkyl halides is 1. The first-order valence-electron chi connectivity index (χ1n) is 8.29. The number of benzene rings is 1. The molecule has 0 fully saturated rings. The molecule has 0 radical (unpaired) electrons. The summed E-state index contributed by atoms with van der Waals surface area (Å²) in [4.78, 5) is 11.2. The number of nitrogens with one attached hydrogen (secondary N) is 1. The van der Waals surface area contributed by atoms with Gasteiger partial charge in [0.25, 0.3) is 0 Å². The third-order valence-electron chi connectivity index (χ3n) is 3.50. The van der Waals surface area contributed by atoms with Crippen molar-refractivity contribution in [3.63, 3.8) is 0 Å². The molecule has 0 aromatic heterocycles. The molecule has 1 N–H and O–H groups in total. The number of hydrogen-bond acceptors (Lipinski definition) is 4. The summed E-state index contributed by atoms with van der Waals surface area (Å²) < 4.78 is 10.8. The number of ether oxygens (including phenoxy) is 2. The second-order valence-corrected chi connectivity index (χ2v) is 6.07. The summed E-state index contributed by atoms with van der Waals surface area (Å²) in [6, 6.07) is 7.75. The molecule has 0 saturated heterocycles. The minimum Gasteiger partial charge on any atom is -0.494 e. The number of hydrogen-bond donors (Lipinski definition) is 1. The van der Waals surface area contributed by atoms with Crippen LogP contribution in [0.25, 0.3) is 0 Å². The molecule has 0 unspecified atom stereocenters. The van der Waals surface area contributed by atoms with E-state index in [0.717, 1.165) is 37.5 Å². The smallest absolute Gasteiger partial charge is 0.162 e. The Bertz CT molecular complexity index is 423. The number of anilines is 1. The van der Waals surface area contributed by atoms with E-state index in [4.69, 9.17) is 9.47 Å². The molecule has 1 aromatic rings. The van der Waals surface area contributed by atoms with Crippen LogP contribution < -0.4 is 10.1 Å². The van der Waals surface area contributed by atoms with Crippen LogP contribution in [0.4, 0.5) is 5.69 Å². The molecule has 0 saturated carbocycles. The predicted octanol–water partition coefficient (Wildman–Crippen LogP) is 4.43. The van der Waals surface area contributed by atoms with E-state index >= 15 is 0 Å². The molecular formula is C18H28BrNO3. The highest BCUT2D eigenvalue weighted by molar-refractivity contribution is 9.09. The van der Waals surface area contributed by atoms with Crippen molar-refractivity contribution in [3.05, 3.63) is 24.3 Å². The fraction of sp³-hybridized carbons (Fsp3) is 0.611. The Morgan fingerprint density at radius 3 is 2.22 bits per heavy atom. The number of rotatable bonds is 14. The zero-order valence-electron chi connectivity index (χ0n) is 14.0. The van der Waals surface area contributed by atoms with Crippen LogP contribution in [0.3, 0.4) is 0 Å². The summed E-state index contributed by atoms with van der Waals surface area (Å²) in [5.41, 5.74) is 0.933. The van der Waals surface area contributed by atoms with E-state index in [1.807, 2.05) is 24.3 Å². The second-order valence-electron chi connectivity index (χ2n) is 5.51. The van der Waals surface area contributed by atoms with Gasteiger partial charge in [-0.1, -0.05) is 41.6 Å². The van der Waals surface area contributed by atoms with Gasteiger partial charge in [0.05, 0.1) is 18.5 Å². The molecule has 0 amide bonds. The van der Waals surface area contributed by atoms with Gasteiger partial charge in [-0.25, -0.2) is 0 Å². The van der Waals surface area contributed by atoms with Crippen molar-refractivity contribution >= 4 is 27.4 Å². The Morgan fingerprint density at radius 2 is 1.61 bits per heavy atom. The quantitative estimate of drug-likeness (QED) is 0.380. The average molecular weight is 386 g/mol. The van der Waals surface area contributed by atoms with Gasteiger partial charge < -0.3 is 14.8 Å². The summed E-state index contributed by atoms with van der Waals surface area (Å²) in [6.45, 7) is 1.97. The maximum absolute atomic E-state index is 11.2. The number of methoxy groups -OCH3 is 1. The molecule has 0 aliphatic heterocycles. The highest BCUT2D eigenvalue weighted by Gasteiger charge is 2.00. The van der Waals surface area contributed by atoms with Crippen LogP contribution in [0.1, 0.15) is 38.5 Å². The third kappa shape index (κ3) is 10.3. The first kappa shape index (κ1) is 20.0. The molecule has 23 heavy (non-hydrogen) atoms. The van der Waals surface area contributed by atoms with Gasteiger partial charge in [0.1, 0.15) is 5.75 Å². The fourth-order valence-corrected chi connectivity index (χ4v) is 2.36. The van der Waals surface area contributed by atoms with Gasteiger partial charge in [-0.2, -0.15) is 0 Å². The van der Waals surface area contributed by atoms with Gasteiger partial charge >= 0.3 is 0 Å². The molecule has 5 heteroatoms. The number of carbonyl (C=O) groups is 1. The zero-order valence-corrected chi connectivity index (χ0v) is 15.6. The largest absolute Gasteiger partial charge is 0.494 e. The molecule has 4 nitrogen and oxygen atoms in total. The minimum atomic E-state index is 0.132. The van der Waals surface area contributed by atoms with Crippen molar-refractivity contribution in [2.75, 3.05) is 37.5 Å². The Hall–Kier alpha value is -1.07. The molecule has 0 heterocycles. The Balaban J connectivity index is 2.06. The Kier molecular flexibility index (Phi) is 11.6. The Morgan fingerprint density at radius 1 is 1.00 bits per heavy atom. The van der Waals surface area contributed by atoms with Crippen LogP contribution in [-0.2, 0) is 9.53 Å². The predicted molar refractivity (Wildman–Crippen MR) is 98.8 cm³/mol. The summed E-state index contributed by atoms with van der Waals surface area (Å²) >= 11 is 3.15. The van der Waals surface area contributed by atoms with Gasteiger partial charge in [-0.05, 0) is 37.1 Å². The molecule has 1 rings (SSSR count). The van der Waals surface area contributed by atoms with Crippen molar-refractivity contribution in [2.24, 2.45) is 0 Å². The summed E-state index contributed by atoms with van der Waals surface area (Å²) in [5, 5.41) is 3.47. The van der Waals surface area contributed by atoms with E-state index in [-0.39, 0.29) is 5.78 Å². The number of carbonyl (C=O) groups excluding carboxylic acids is 1. The number of Topliss-reactive ketones (excluding diaryl/α,β-unsaturated/α-hetero) is 1. The van der Waals surface area contributed by atoms with Gasteiger partial charge in [-0.15, -0.1) is 0 Å². The lowest BCUT2D eigenvalue weighted by molar-refractivity contribution is -0.114. The Labute approximate surface area is 148 Å². The number of unbranched alkanes of at least 4 members (excludes halogenated alkanes) is 5. The maximum atomic E-state index is 11.2. The molecule has 0 aliphatic rings. The van der Waals surface area contributed by atoms with Crippen LogP contribution in [0.2, 0.25) is 0 Å². The maximum Gasteiger partial charge on any atom is 0.162 e. The molecule has 130 valence electrons. The summed E-state index contributed by atoms with van der Waals surface area (Å²) in [5.74, 6) is 1.01. The average Bonchev–Trinajstić information content (AvgIpc) is 2.59. The molecular weight excluding hydrogens is 358 g/mol. The van der Waals surface area contributed by atoms with Crippen molar-refractivity contribution < 1.29 is 14.3 Å². The first-order chi connectivity index (χ1) is 11.3. The van der Waals surface area contributed by atoms with Gasteiger partial charge in [0.15, 0.2) is 5.78 Å². The lowest BCUT2D eigenvalue weighted by atomic mass is 10.1. The number of ketones is 1. The first-order valence-corrected chi connectivity index (χ1v) is 9.41. The van der Waals surface area contributed by atoms with E-state index < -0.39 is 0 Å². The van der Waals surface area contributed by atoms with Crippen LogP contribution in [0.5, 0.6) is 5.75 Å². The SMILES string of the molecule is COCCCCCCCCOc1ccc(NCC(=O)CBr)cc1. The lowest BCUT2D eigenvalue weighted by Gasteiger charge is -2.08. The topological polar surface area (TPSA) is 47.6 Å². The van der Waals surface area contributed by atoms with E-state index in [1.54, 1.807) is 7.11 Å². The van der Waals surface area contributed by atoms with E-state index in [0.29, 0.717) is 11.9 Å². The second kappa shape index (κ2) is 13.4. The fourth-order valence-electron chi connectivity index (χ4n) is 2.16. The molecule has 0 aliphatic carbocycles. The van der Waals surface area contributed by atoms with Crippen LogP contribution >= 0.6 is 15.9 Å². The van der Waals surface area contributed by atoms with Crippen molar-refractivity contribution in [1.29, 1.82) is 0 Å². The van der Waals surface area contributed by atoms with Gasteiger partial charge in [0, 0.05) is 19.4 Å².